The van der Waals surface area contributed by atoms with Gasteiger partial charge in [0.1, 0.15) is 5.54 Å². The van der Waals surface area contributed by atoms with Crippen LogP contribution < -0.4 is 0 Å². The Balaban J connectivity index is 1.48. The number of hydrogen-bond acceptors (Lipinski definition) is 4. The van der Waals surface area contributed by atoms with Crippen molar-refractivity contribution in [2.45, 2.75) is 32.5 Å². The normalized spacial score (nSPS) is 17.9. The fraction of sp³-hybridized carbons (Fsp3) is 0.214. The van der Waals surface area contributed by atoms with Crippen molar-refractivity contribution in [3.8, 4) is 6.07 Å². The van der Waals surface area contributed by atoms with E-state index in [4.69, 9.17) is 5.26 Å². The van der Waals surface area contributed by atoms with Gasteiger partial charge in [-0.15, -0.1) is 0 Å². The second-order valence-electron chi connectivity index (χ2n) is 8.84. The van der Waals surface area contributed by atoms with Crippen LogP contribution in [-0.4, -0.2) is 37.8 Å². The summed E-state index contributed by atoms with van der Waals surface area (Å²) in [4.78, 5) is 34.7. The monoisotopic (exact) mass is 463 g/mol. The average molecular weight is 464 g/mol. The maximum Gasteiger partial charge on any atom is 0.328 e. The highest BCUT2D eigenvalue weighted by Gasteiger charge is 2.55. The van der Waals surface area contributed by atoms with Gasteiger partial charge >= 0.3 is 6.03 Å². The minimum Gasteiger partial charge on any atom is -0.328 e. The molecule has 1 aliphatic rings. The first-order chi connectivity index (χ1) is 17.0. The van der Waals surface area contributed by atoms with Crippen LogP contribution in [0.25, 0.3) is 10.8 Å². The number of nitriles is 1. The summed E-state index contributed by atoms with van der Waals surface area (Å²) in [6.45, 7) is 4.80. The topological polar surface area (TPSA) is 82.2 Å². The molecule has 1 atom stereocenters. The molecular weight excluding hydrogens is 438 g/mol. The van der Waals surface area contributed by atoms with E-state index in [0.717, 1.165) is 27.6 Å². The summed E-state index contributed by atoms with van der Waals surface area (Å²) >= 11 is 0. The maximum atomic E-state index is 13.9. The van der Waals surface area contributed by atoms with Gasteiger partial charge in [0.15, 0.2) is 0 Å². The lowest BCUT2D eigenvalue weighted by molar-refractivity contribution is -0.133. The van der Waals surface area contributed by atoms with Gasteiger partial charge < -0.3 is 9.47 Å². The fourth-order valence-corrected chi connectivity index (χ4v) is 4.97. The van der Waals surface area contributed by atoms with E-state index >= 15 is 0 Å². The molecular formula is C28H25N5O2. The first-order valence-electron chi connectivity index (χ1n) is 11.6. The van der Waals surface area contributed by atoms with Crippen molar-refractivity contribution in [1.29, 1.82) is 5.26 Å². The molecule has 174 valence electrons. The van der Waals surface area contributed by atoms with Gasteiger partial charge in [-0.1, -0.05) is 54.6 Å². The number of aromatic nitrogens is 2. The van der Waals surface area contributed by atoms with Crippen LogP contribution in [0, 0.1) is 11.3 Å². The number of imide groups is 1. The van der Waals surface area contributed by atoms with Crippen LogP contribution in [0.5, 0.6) is 0 Å². The standard InChI is InChI=1S/C28H25N5O2/c1-3-33-27(35)32(18-23-16-30-19-31(23)17-21-13-11-20(15-29)12-14-21)26(34)28(33,2)25-10-6-8-22-7-4-5-9-24(22)25/h4-14,16,19H,3,17-18H2,1-2H3. The molecule has 3 aromatic carbocycles. The number of nitrogens with zero attached hydrogens (tertiary/aromatic N) is 5. The summed E-state index contributed by atoms with van der Waals surface area (Å²) in [6.07, 6.45) is 3.38. The lowest BCUT2D eigenvalue weighted by Crippen LogP contribution is -2.44. The second kappa shape index (κ2) is 8.73. The van der Waals surface area contributed by atoms with Crippen molar-refractivity contribution >= 4 is 22.7 Å². The molecule has 1 fully saturated rings. The van der Waals surface area contributed by atoms with E-state index in [1.807, 2.05) is 73.0 Å². The van der Waals surface area contributed by atoms with Gasteiger partial charge in [0.05, 0.1) is 30.2 Å². The minimum absolute atomic E-state index is 0.130. The number of fused-ring (bicyclic) bond motifs is 1. The number of hydrogen-bond donors (Lipinski definition) is 0. The number of benzene rings is 3. The van der Waals surface area contributed by atoms with E-state index in [0.29, 0.717) is 18.7 Å². The van der Waals surface area contributed by atoms with Gasteiger partial charge in [0, 0.05) is 19.3 Å². The lowest BCUT2D eigenvalue weighted by atomic mass is 9.86. The zero-order valence-corrected chi connectivity index (χ0v) is 19.7. The molecule has 3 amide bonds. The molecule has 1 saturated heterocycles. The van der Waals surface area contributed by atoms with Gasteiger partial charge in [0.25, 0.3) is 5.91 Å². The highest BCUT2D eigenvalue weighted by Crippen LogP contribution is 2.40. The van der Waals surface area contributed by atoms with Crippen LogP contribution in [0.3, 0.4) is 0 Å². The molecule has 4 aromatic rings. The van der Waals surface area contributed by atoms with Crippen molar-refractivity contribution in [3.63, 3.8) is 0 Å². The highest BCUT2D eigenvalue weighted by molar-refractivity contribution is 6.09. The summed E-state index contributed by atoms with van der Waals surface area (Å²) in [7, 11) is 0. The van der Waals surface area contributed by atoms with Gasteiger partial charge in [-0.3, -0.25) is 9.69 Å². The number of carbonyl (C=O) groups excluding carboxylic acids is 2. The van der Waals surface area contributed by atoms with Crippen LogP contribution in [0.15, 0.2) is 79.3 Å². The van der Waals surface area contributed by atoms with Crippen molar-refractivity contribution < 1.29 is 9.59 Å². The Morgan fingerprint density at radius 1 is 0.971 bits per heavy atom. The average Bonchev–Trinajstić information content (AvgIpc) is 3.40. The molecule has 7 nitrogen and oxygen atoms in total. The Bertz CT molecular complexity index is 1460. The minimum atomic E-state index is -1.11. The molecule has 1 unspecified atom stereocenters. The number of imidazole rings is 1. The van der Waals surface area contributed by atoms with E-state index in [9.17, 15) is 9.59 Å². The molecule has 5 rings (SSSR count). The summed E-state index contributed by atoms with van der Waals surface area (Å²) < 4.78 is 1.92. The molecule has 1 aromatic heterocycles. The number of rotatable bonds is 6. The van der Waals surface area contributed by atoms with Crippen LogP contribution in [0.4, 0.5) is 4.79 Å². The molecule has 0 saturated carbocycles. The third-order valence-corrected chi connectivity index (χ3v) is 6.85. The Hall–Kier alpha value is -4.44. The highest BCUT2D eigenvalue weighted by atomic mass is 16.2. The summed E-state index contributed by atoms with van der Waals surface area (Å²) in [6, 6.07) is 23.0. The molecule has 0 N–H and O–H groups in total. The van der Waals surface area contributed by atoms with E-state index in [2.05, 4.69) is 11.1 Å². The summed E-state index contributed by atoms with van der Waals surface area (Å²) in [5, 5.41) is 11.0. The first-order valence-corrected chi connectivity index (χ1v) is 11.6. The molecule has 0 bridgehead atoms. The van der Waals surface area contributed by atoms with Gasteiger partial charge in [-0.05, 0) is 47.9 Å². The molecule has 0 aliphatic carbocycles. The van der Waals surface area contributed by atoms with E-state index in [-0.39, 0.29) is 18.5 Å². The van der Waals surface area contributed by atoms with Crippen molar-refractivity contribution in [2.24, 2.45) is 0 Å². The Labute approximate surface area is 203 Å². The largest absolute Gasteiger partial charge is 0.328 e. The Morgan fingerprint density at radius 2 is 1.71 bits per heavy atom. The number of carbonyl (C=O) groups is 2. The van der Waals surface area contributed by atoms with Crippen molar-refractivity contribution in [1.82, 2.24) is 19.4 Å². The fourth-order valence-electron chi connectivity index (χ4n) is 4.97. The number of urea groups is 1. The molecule has 1 aliphatic heterocycles. The smallest absolute Gasteiger partial charge is 0.328 e. The summed E-state index contributed by atoms with van der Waals surface area (Å²) in [5.74, 6) is -0.244. The van der Waals surface area contributed by atoms with Crippen molar-refractivity contribution in [3.05, 3.63) is 102 Å². The van der Waals surface area contributed by atoms with Gasteiger partial charge in [-0.2, -0.15) is 5.26 Å². The molecule has 35 heavy (non-hydrogen) atoms. The molecule has 2 heterocycles. The van der Waals surface area contributed by atoms with Crippen molar-refractivity contribution in [2.75, 3.05) is 6.54 Å². The van der Waals surface area contributed by atoms with E-state index < -0.39 is 5.54 Å². The van der Waals surface area contributed by atoms with E-state index in [1.165, 1.54) is 4.90 Å². The molecule has 7 heteroatoms. The van der Waals surface area contributed by atoms with Crippen LogP contribution in [-0.2, 0) is 23.4 Å². The SMILES string of the molecule is CCN1C(=O)N(Cc2cncn2Cc2ccc(C#N)cc2)C(=O)C1(C)c1cccc2ccccc12. The van der Waals surface area contributed by atoms with Crippen LogP contribution in [0.2, 0.25) is 0 Å². The molecule has 0 radical (unpaired) electrons. The quantitative estimate of drug-likeness (QED) is 0.390. The third kappa shape index (κ3) is 3.64. The predicted octanol–water partition coefficient (Wildman–Crippen LogP) is 4.66. The predicted molar refractivity (Wildman–Crippen MR) is 132 cm³/mol. The second-order valence-corrected chi connectivity index (χ2v) is 8.84. The van der Waals surface area contributed by atoms with Gasteiger partial charge in [-0.25, -0.2) is 9.78 Å². The summed E-state index contributed by atoms with van der Waals surface area (Å²) in [5.41, 5.74) is 2.07. The Kier molecular flexibility index (Phi) is 5.58. The zero-order chi connectivity index (χ0) is 24.6. The molecule has 0 spiro atoms. The third-order valence-electron chi connectivity index (χ3n) is 6.85. The Morgan fingerprint density at radius 3 is 2.46 bits per heavy atom. The zero-order valence-electron chi connectivity index (χ0n) is 19.7. The number of likely N-dealkylation sites (N-methyl/N-ethyl adjacent to an activating group) is 1. The van der Waals surface area contributed by atoms with Gasteiger partial charge in [0.2, 0.25) is 0 Å². The van der Waals surface area contributed by atoms with Crippen LogP contribution >= 0.6 is 0 Å². The first kappa shape index (κ1) is 22.4. The lowest BCUT2D eigenvalue weighted by Gasteiger charge is -2.32. The number of amides is 3. The maximum absolute atomic E-state index is 13.9. The van der Waals surface area contributed by atoms with Crippen LogP contribution in [0.1, 0.15) is 36.2 Å². The van der Waals surface area contributed by atoms with E-state index in [1.54, 1.807) is 29.6 Å².